The van der Waals surface area contributed by atoms with E-state index in [0.717, 1.165) is 56.6 Å². The van der Waals surface area contributed by atoms with Crippen molar-refractivity contribution in [3.05, 3.63) is 58.5 Å². The average Bonchev–Trinajstić information content (AvgIpc) is 3.15. The lowest BCUT2D eigenvalue weighted by atomic mass is 9.80. The molecule has 0 fully saturated rings. The Morgan fingerprint density at radius 1 is 1.31 bits per heavy atom. The molecule has 29 heavy (non-hydrogen) atoms. The zero-order valence-electron chi connectivity index (χ0n) is 17.0. The lowest BCUT2D eigenvalue weighted by molar-refractivity contribution is 0.112. The standard InChI is InChI=1S/C19H19NO3S2.C3H8O/c1-3-8-24-19-18-15(17(11-21)25-19)9-13(10-16(18)20-22)12-4-6-14(23-2)7-5-12;1-3-4-2/h3-7,11,13,22H,1,8-10H2,2H3;3H2,1-2H3/b20-16+;. The van der Waals surface area contributed by atoms with Crippen LogP contribution in [0.4, 0.5) is 0 Å². The number of oxime groups is 1. The molecule has 1 aromatic carbocycles. The third kappa shape index (κ3) is 5.72. The van der Waals surface area contributed by atoms with Crippen LogP contribution in [0.2, 0.25) is 0 Å². The lowest BCUT2D eigenvalue weighted by Crippen LogP contribution is -2.19. The molecule has 1 atom stereocenters. The summed E-state index contributed by atoms with van der Waals surface area (Å²) in [4.78, 5) is 12.3. The van der Waals surface area contributed by atoms with Gasteiger partial charge in [0.05, 0.1) is 21.9 Å². The van der Waals surface area contributed by atoms with E-state index in [1.807, 2.05) is 37.3 Å². The van der Waals surface area contributed by atoms with Crippen LogP contribution in [0.3, 0.4) is 0 Å². The van der Waals surface area contributed by atoms with Crippen LogP contribution in [0.1, 0.15) is 45.6 Å². The lowest BCUT2D eigenvalue weighted by Gasteiger charge is -2.24. The zero-order valence-corrected chi connectivity index (χ0v) is 18.6. The van der Waals surface area contributed by atoms with Gasteiger partial charge in [-0.05, 0) is 42.5 Å². The zero-order chi connectivity index (χ0) is 21.2. The van der Waals surface area contributed by atoms with E-state index >= 15 is 0 Å². The third-order valence-electron chi connectivity index (χ3n) is 4.62. The van der Waals surface area contributed by atoms with E-state index in [1.165, 1.54) is 11.3 Å². The maximum Gasteiger partial charge on any atom is 0.160 e. The van der Waals surface area contributed by atoms with Gasteiger partial charge in [-0.25, -0.2) is 0 Å². The van der Waals surface area contributed by atoms with Crippen molar-refractivity contribution in [3.63, 3.8) is 0 Å². The molecule has 0 amide bonds. The second-order valence-corrected chi connectivity index (χ2v) is 8.67. The molecule has 156 valence electrons. The van der Waals surface area contributed by atoms with Gasteiger partial charge in [-0.3, -0.25) is 4.79 Å². The number of nitrogens with zero attached hydrogens (tertiary/aromatic N) is 1. The number of benzene rings is 1. The van der Waals surface area contributed by atoms with Crippen LogP contribution in [-0.2, 0) is 11.2 Å². The number of ether oxygens (including phenoxy) is 2. The Balaban J connectivity index is 0.000000687. The van der Waals surface area contributed by atoms with Crippen LogP contribution in [0.25, 0.3) is 0 Å². The van der Waals surface area contributed by atoms with Crippen molar-refractivity contribution in [2.75, 3.05) is 26.6 Å². The van der Waals surface area contributed by atoms with Crippen molar-refractivity contribution in [1.29, 1.82) is 0 Å². The van der Waals surface area contributed by atoms with E-state index in [1.54, 1.807) is 26.0 Å². The van der Waals surface area contributed by atoms with Gasteiger partial charge in [0.2, 0.25) is 0 Å². The number of methoxy groups -OCH3 is 2. The Morgan fingerprint density at radius 3 is 2.52 bits per heavy atom. The highest BCUT2D eigenvalue weighted by atomic mass is 32.2. The van der Waals surface area contributed by atoms with Crippen LogP contribution in [0.5, 0.6) is 5.75 Å². The Bertz CT molecular complexity index is 841. The van der Waals surface area contributed by atoms with Crippen LogP contribution in [-0.4, -0.2) is 43.8 Å². The summed E-state index contributed by atoms with van der Waals surface area (Å²) in [5.74, 6) is 1.74. The molecule has 0 saturated heterocycles. The third-order valence-corrected chi connectivity index (χ3v) is 7.05. The van der Waals surface area contributed by atoms with Gasteiger partial charge in [0.15, 0.2) is 6.29 Å². The monoisotopic (exact) mass is 433 g/mol. The summed E-state index contributed by atoms with van der Waals surface area (Å²) < 4.78 is 10.8. The van der Waals surface area contributed by atoms with Crippen LogP contribution >= 0.6 is 23.1 Å². The van der Waals surface area contributed by atoms with Crippen molar-refractivity contribution in [1.82, 2.24) is 0 Å². The summed E-state index contributed by atoms with van der Waals surface area (Å²) in [7, 11) is 3.32. The van der Waals surface area contributed by atoms with Gasteiger partial charge in [0, 0.05) is 31.5 Å². The predicted molar refractivity (Wildman–Crippen MR) is 121 cm³/mol. The van der Waals surface area contributed by atoms with Crippen LogP contribution < -0.4 is 4.74 Å². The molecule has 0 aliphatic heterocycles. The van der Waals surface area contributed by atoms with E-state index in [9.17, 15) is 10.0 Å². The van der Waals surface area contributed by atoms with Gasteiger partial charge < -0.3 is 14.7 Å². The van der Waals surface area contributed by atoms with Gasteiger partial charge in [0.25, 0.3) is 0 Å². The Hall–Kier alpha value is -2.09. The molecule has 1 unspecified atom stereocenters. The van der Waals surface area contributed by atoms with Gasteiger partial charge >= 0.3 is 0 Å². The molecule has 1 aliphatic rings. The van der Waals surface area contributed by atoms with E-state index in [4.69, 9.17) is 4.74 Å². The number of hydrogen-bond acceptors (Lipinski definition) is 7. The molecule has 0 bridgehead atoms. The van der Waals surface area contributed by atoms with Crippen molar-refractivity contribution in [2.45, 2.75) is 29.9 Å². The number of hydrogen-bond donors (Lipinski definition) is 1. The fourth-order valence-electron chi connectivity index (χ4n) is 3.14. The molecule has 3 rings (SSSR count). The number of carbonyl (C=O) groups excluding carboxylic acids is 1. The summed E-state index contributed by atoms with van der Waals surface area (Å²) in [5, 5.41) is 13.1. The first-order valence-electron chi connectivity index (χ1n) is 9.32. The number of thioether (sulfide) groups is 1. The van der Waals surface area contributed by atoms with Crippen LogP contribution in [0, 0.1) is 0 Å². The highest BCUT2D eigenvalue weighted by Gasteiger charge is 2.31. The molecule has 0 saturated carbocycles. The molecular formula is C22H27NO4S2. The molecule has 0 radical (unpaired) electrons. The second kappa shape index (κ2) is 11.8. The van der Waals surface area contributed by atoms with E-state index < -0.39 is 0 Å². The molecule has 1 aliphatic carbocycles. The molecule has 5 nitrogen and oxygen atoms in total. The van der Waals surface area contributed by atoms with E-state index in [-0.39, 0.29) is 5.92 Å². The minimum absolute atomic E-state index is 0.176. The Labute approximate surface area is 180 Å². The first-order valence-corrected chi connectivity index (χ1v) is 11.1. The molecule has 7 heteroatoms. The summed E-state index contributed by atoms with van der Waals surface area (Å²) in [6.45, 7) is 6.52. The molecule has 1 heterocycles. The molecule has 2 aromatic rings. The van der Waals surface area contributed by atoms with E-state index in [0.29, 0.717) is 12.1 Å². The highest BCUT2D eigenvalue weighted by Crippen LogP contribution is 2.43. The van der Waals surface area contributed by atoms with Crippen molar-refractivity contribution >= 4 is 35.1 Å². The van der Waals surface area contributed by atoms with Gasteiger partial charge in [-0.2, -0.15) is 0 Å². The molecule has 1 aromatic heterocycles. The fraction of sp³-hybridized carbons (Fsp3) is 0.364. The Morgan fingerprint density at radius 2 is 2.00 bits per heavy atom. The highest BCUT2D eigenvalue weighted by molar-refractivity contribution is 8.01. The summed E-state index contributed by atoms with van der Waals surface area (Å²) in [5.41, 5.74) is 3.73. The van der Waals surface area contributed by atoms with Crippen molar-refractivity contribution < 1.29 is 19.5 Å². The average molecular weight is 434 g/mol. The molecule has 0 spiro atoms. The quantitative estimate of drug-likeness (QED) is 0.208. The normalized spacial score (nSPS) is 16.5. The maximum absolute atomic E-state index is 11.5. The van der Waals surface area contributed by atoms with Crippen molar-refractivity contribution in [3.8, 4) is 5.75 Å². The number of rotatable bonds is 7. The summed E-state index contributed by atoms with van der Waals surface area (Å²) in [6.07, 6.45) is 4.15. The number of fused-ring (bicyclic) bond motifs is 1. The molecular weight excluding hydrogens is 406 g/mol. The SMILES string of the molecule is C=CCSc1sc(C=O)c2c1/C(=N/O)CC(c1ccc(OC)cc1)C2.CCOC. The van der Waals surface area contributed by atoms with E-state index in [2.05, 4.69) is 16.5 Å². The minimum atomic E-state index is 0.176. The van der Waals surface area contributed by atoms with Gasteiger partial charge in [-0.15, -0.1) is 29.7 Å². The first-order chi connectivity index (χ1) is 14.1. The fourth-order valence-corrected chi connectivity index (χ4v) is 5.40. The number of carbonyl (C=O) groups is 1. The minimum Gasteiger partial charge on any atom is -0.497 e. The van der Waals surface area contributed by atoms with Gasteiger partial charge in [0.1, 0.15) is 5.75 Å². The predicted octanol–water partition coefficient (Wildman–Crippen LogP) is 5.41. The topological polar surface area (TPSA) is 68.1 Å². The van der Waals surface area contributed by atoms with Crippen LogP contribution in [0.15, 0.2) is 46.3 Å². The smallest absolute Gasteiger partial charge is 0.160 e. The first kappa shape index (κ1) is 23.2. The molecule has 1 N–H and O–H groups in total. The summed E-state index contributed by atoms with van der Waals surface area (Å²) >= 11 is 3.10. The number of thiophene rings is 1. The van der Waals surface area contributed by atoms with Crippen molar-refractivity contribution in [2.24, 2.45) is 5.16 Å². The second-order valence-electron chi connectivity index (χ2n) is 6.33. The largest absolute Gasteiger partial charge is 0.497 e. The summed E-state index contributed by atoms with van der Waals surface area (Å²) in [6, 6.07) is 7.92. The van der Waals surface area contributed by atoms with Gasteiger partial charge in [-0.1, -0.05) is 23.4 Å². The Kier molecular flexibility index (Phi) is 9.44. The maximum atomic E-state index is 11.5. The number of aldehydes is 1.